The normalized spacial score (nSPS) is 14.3. The predicted molar refractivity (Wildman–Crippen MR) is 68.4 cm³/mol. The summed E-state index contributed by atoms with van der Waals surface area (Å²) in [5.41, 5.74) is 1.28. The highest BCUT2D eigenvalue weighted by Crippen LogP contribution is 2.17. The number of aliphatic hydroxyl groups is 3. The van der Waals surface area contributed by atoms with Crippen molar-refractivity contribution in [2.24, 2.45) is 0 Å². The van der Waals surface area contributed by atoms with Crippen LogP contribution in [0.5, 0.6) is 0 Å². The van der Waals surface area contributed by atoms with Crippen molar-refractivity contribution in [2.45, 2.75) is 18.6 Å². The van der Waals surface area contributed by atoms with E-state index in [1.165, 1.54) is 0 Å². The number of benzene rings is 1. The van der Waals surface area contributed by atoms with Crippen LogP contribution in [0.3, 0.4) is 0 Å². The molecule has 0 unspecified atom stereocenters. The van der Waals surface area contributed by atoms with E-state index in [2.05, 4.69) is 10.6 Å². The van der Waals surface area contributed by atoms with Crippen LogP contribution in [0.2, 0.25) is 0 Å². The molecule has 0 aromatic heterocycles. The molecular formula is C13H18N2O4. The standard InChI is InChI=1S/C13H18N2O4/c16-6-13(7-17,8-18)15-12(19)9-1-2-10-4-14-5-11(10)3-9/h1-3,14,16-18H,4-8H2,(H,15,19). The van der Waals surface area contributed by atoms with Gasteiger partial charge in [-0.3, -0.25) is 4.79 Å². The van der Waals surface area contributed by atoms with Crippen LogP contribution in [0.15, 0.2) is 18.2 Å². The van der Waals surface area contributed by atoms with Crippen LogP contribution >= 0.6 is 0 Å². The summed E-state index contributed by atoms with van der Waals surface area (Å²) in [6, 6.07) is 5.35. The summed E-state index contributed by atoms with van der Waals surface area (Å²) in [6.45, 7) is -0.0681. The molecule has 1 heterocycles. The lowest BCUT2D eigenvalue weighted by molar-refractivity contribution is 0.0375. The second-order valence-electron chi connectivity index (χ2n) is 4.80. The van der Waals surface area contributed by atoms with Gasteiger partial charge in [0.1, 0.15) is 5.54 Å². The van der Waals surface area contributed by atoms with Crippen molar-refractivity contribution in [3.05, 3.63) is 34.9 Å². The molecule has 6 heteroatoms. The summed E-state index contributed by atoms with van der Waals surface area (Å²) < 4.78 is 0. The highest BCUT2D eigenvalue weighted by Gasteiger charge is 2.30. The van der Waals surface area contributed by atoms with E-state index < -0.39 is 31.3 Å². The van der Waals surface area contributed by atoms with E-state index in [4.69, 9.17) is 0 Å². The molecule has 1 aromatic carbocycles. The SMILES string of the molecule is O=C(NC(CO)(CO)CO)c1ccc2c(c1)CNC2. The maximum absolute atomic E-state index is 12.1. The van der Waals surface area contributed by atoms with Gasteiger partial charge in [0.2, 0.25) is 0 Å². The third-order valence-electron chi connectivity index (χ3n) is 3.39. The van der Waals surface area contributed by atoms with Crippen LogP contribution in [-0.2, 0) is 13.1 Å². The number of carbonyl (C=O) groups is 1. The Morgan fingerprint density at radius 3 is 2.42 bits per heavy atom. The van der Waals surface area contributed by atoms with Crippen molar-refractivity contribution in [1.29, 1.82) is 0 Å². The summed E-state index contributed by atoms with van der Waals surface area (Å²) in [5, 5.41) is 33.2. The minimum absolute atomic E-state index is 0.424. The number of amides is 1. The second kappa shape index (κ2) is 5.66. The fourth-order valence-electron chi connectivity index (χ4n) is 2.02. The Morgan fingerprint density at radius 1 is 1.16 bits per heavy atom. The molecule has 1 aliphatic rings. The van der Waals surface area contributed by atoms with Gasteiger partial charge in [0, 0.05) is 18.7 Å². The number of aliphatic hydroxyl groups excluding tert-OH is 3. The largest absolute Gasteiger partial charge is 0.394 e. The van der Waals surface area contributed by atoms with Gasteiger partial charge in [-0.05, 0) is 23.3 Å². The first-order chi connectivity index (χ1) is 9.14. The number of hydrogen-bond donors (Lipinski definition) is 5. The van der Waals surface area contributed by atoms with Gasteiger partial charge in [-0.15, -0.1) is 0 Å². The molecular weight excluding hydrogens is 248 g/mol. The van der Waals surface area contributed by atoms with E-state index in [-0.39, 0.29) is 0 Å². The van der Waals surface area contributed by atoms with Crippen LogP contribution < -0.4 is 10.6 Å². The van der Waals surface area contributed by atoms with Crippen LogP contribution in [-0.4, -0.2) is 46.6 Å². The van der Waals surface area contributed by atoms with Crippen molar-refractivity contribution in [2.75, 3.05) is 19.8 Å². The smallest absolute Gasteiger partial charge is 0.251 e. The number of fused-ring (bicyclic) bond motifs is 1. The van der Waals surface area contributed by atoms with E-state index in [9.17, 15) is 20.1 Å². The molecule has 2 rings (SSSR count). The highest BCUT2D eigenvalue weighted by atomic mass is 16.3. The van der Waals surface area contributed by atoms with Crippen molar-refractivity contribution in [1.82, 2.24) is 10.6 Å². The van der Waals surface area contributed by atoms with Crippen molar-refractivity contribution in [3.8, 4) is 0 Å². The zero-order chi connectivity index (χ0) is 13.9. The molecule has 0 spiro atoms. The molecule has 1 aliphatic heterocycles. The fourth-order valence-corrected chi connectivity index (χ4v) is 2.02. The third-order valence-corrected chi connectivity index (χ3v) is 3.39. The van der Waals surface area contributed by atoms with Gasteiger partial charge in [0.05, 0.1) is 19.8 Å². The van der Waals surface area contributed by atoms with E-state index in [0.717, 1.165) is 24.2 Å². The molecule has 0 aliphatic carbocycles. The van der Waals surface area contributed by atoms with E-state index in [0.29, 0.717) is 5.56 Å². The van der Waals surface area contributed by atoms with E-state index >= 15 is 0 Å². The van der Waals surface area contributed by atoms with Crippen LogP contribution in [0.1, 0.15) is 21.5 Å². The fraction of sp³-hybridized carbons (Fsp3) is 0.462. The minimum Gasteiger partial charge on any atom is -0.394 e. The van der Waals surface area contributed by atoms with Crippen molar-refractivity contribution >= 4 is 5.91 Å². The molecule has 0 saturated carbocycles. The Balaban J connectivity index is 2.16. The maximum Gasteiger partial charge on any atom is 0.251 e. The zero-order valence-electron chi connectivity index (χ0n) is 10.5. The van der Waals surface area contributed by atoms with Gasteiger partial charge >= 0.3 is 0 Å². The van der Waals surface area contributed by atoms with Gasteiger partial charge < -0.3 is 26.0 Å². The van der Waals surface area contributed by atoms with Gasteiger partial charge in [0.15, 0.2) is 0 Å². The second-order valence-corrected chi connectivity index (χ2v) is 4.80. The first kappa shape index (κ1) is 14.0. The highest BCUT2D eigenvalue weighted by molar-refractivity contribution is 5.95. The lowest BCUT2D eigenvalue weighted by Gasteiger charge is -2.28. The first-order valence-electron chi connectivity index (χ1n) is 6.12. The summed E-state index contributed by atoms with van der Waals surface area (Å²) in [5.74, 6) is -0.424. The lowest BCUT2D eigenvalue weighted by Crippen LogP contribution is -2.57. The minimum atomic E-state index is -1.39. The molecule has 19 heavy (non-hydrogen) atoms. The molecule has 0 atom stereocenters. The van der Waals surface area contributed by atoms with Gasteiger partial charge in [-0.1, -0.05) is 6.07 Å². The summed E-state index contributed by atoms with van der Waals surface area (Å²) in [4.78, 5) is 12.1. The van der Waals surface area contributed by atoms with Gasteiger partial charge in [-0.25, -0.2) is 0 Å². The summed E-state index contributed by atoms with van der Waals surface area (Å²) in [6.07, 6.45) is 0. The number of rotatable bonds is 5. The molecule has 0 fully saturated rings. The van der Waals surface area contributed by atoms with Gasteiger partial charge in [0.25, 0.3) is 5.91 Å². The Morgan fingerprint density at radius 2 is 1.79 bits per heavy atom. The van der Waals surface area contributed by atoms with Crippen LogP contribution in [0, 0.1) is 0 Å². The van der Waals surface area contributed by atoms with Crippen LogP contribution in [0.25, 0.3) is 0 Å². The molecule has 0 saturated heterocycles. The van der Waals surface area contributed by atoms with E-state index in [1.54, 1.807) is 12.1 Å². The number of carbonyl (C=O) groups excluding carboxylic acids is 1. The summed E-state index contributed by atoms with van der Waals surface area (Å²) >= 11 is 0. The molecule has 1 aromatic rings. The van der Waals surface area contributed by atoms with Crippen molar-refractivity contribution in [3.63, 3.8) is 0 Å². The zero-order valence-corrected chi connectivity index (χ0v) is 10.5. The Kier molecular flexibility index (Phi) is 4.16. The molecule has 104 valence electrons. The average Bonchev–Trinajstić information content (AvgIpc) is 2.92. The number of hydrogen-bond acceptors (Lipinski definition) is 5. The first-order valence-corrected chi connectivity index (χ1v) is 6.12. The Labute approximate surface area is 111 Å². The molecule has 0 radical (unpaired) electrons. The molecule has 1 amide bonds. The van der Waals surface area contributed by atoms with Gasteiger partial charge in [-0.2, -0.15) is 0 Å². The number of nitrogens with one attached hydrogen (secondary N) is 2. The topological polar surface area (TPSA) is 102 Å². The van der Waals surface area contributed by atoms with Crippen molar-refractivity contribution < 1.29 is 20.1 Å². The molecule has 5 N–H and O–H groups in total. The monoisotopic (exact) mass is 266 g/mol. The lowest BCUT2D eigenvalue weighted by atomic mass is 10.0. The Bertz CT molecular complexity index is 463. The molecule has 0 bridgehead atoms. The quantitative estimate of drug-likeness (QED) is 0.458. The maximum atomic E-state index is 12.1. The molecule has 6 nitrogen and oxygen atoms in total. The van der Waals surface area contributed by atoms with E-state index in [1.807, 2.05) is 6.07 Å². The summed E-state index contributed by atoms with van der Waals surface area (Å²) in [7, 11) is 0. The van der Waals surface area contributed by atoms with Crippen LogP contribution in [0.4, 0.5) is 0 Å². The Hall–Kier alpha value is -1.47. The third kappa shape index (κ3) is 2.76. The average molecular weight is 266 g/mol. The predicted octanol–water partition coefficient (Wildman–Crippen LogP) is -1.26.